The van der Waals surface area contributed by atoms with Crippen LogP contribution < -0.4 is 0 Å². The van der Waals surface area contributed by atoms with Crippen LogP contribution >= 0.6 is 11.8 Å². The standard InChI is InChI=1S/C22H36O2S/c1-3-5-7-9-15-20(12-6-4-2)17-25-18-21(22(23)24)16-19-13-10-8-11-14-19/h8,10-11,13-14,20-21H,3-7,9,12,15-18H2,1-2H3,(H,23,24). The van der Waals surface area contributed by atoms with E-state index in [0.29, 0.717) is 6.42 Å². The highest BCUT2D eigenvalue weighted by atomic mass is 32.2. The van der Waals surface area contributed by atoms with Crippen LogP contribution in [0.1, 0.15) is 70.8 Å². The number of benzene rings is 1. The molecule has 1 aromatic carbocycles. The summed E-state index contributed by atoms with van der Waals surface area (Å²) in [6.07, 6.45) is 11.1. The van der Waals surface area contributed by atoms with Gasteiger partial charge in [-0.2, -0.15) is 11.8 Å². The molecule has 0 saturated heterocycles. The topological polar surface area (TPSA) is 37.3 Å². The van der Waals surface area contributed by atoms with Crippen LogP contribution in [0.5, 0.6) is 0 Å². The maximum atomic E-state index is 11.6. The summed E-state index contributed by atoms with van der Waals surface area (Å²) in [6.45, 7) is 4.50. The van der Waals surface area contributed by atoms with Crippen molar-refractivity contribution in [3.8, 4) is 0 Å². The summed E-state index contributed by atoms with van der Waals surface area (Å²) in [5.74, 6) is 1.66. The predicted octanol–water partition coefficient (Wildman–Crippen LogP) is 6.44. The Balaban J connectivity index is 2.39. The minimum atomic E-state index is -0.663. The Hall–Kier alpha value is -0.960. The van der Waals surface area contributed by atoms with Crippen molar-refractivity contribution in [2.45, 2.75) is 71.6 Å². The number of unbranched alkanes of at least 4 members (excludes halogenated alkanes) is 4. The lowest BCUT2D eigenvalue weighted by atomic mass is 9.97. The van der Waals surface area contributed by atoms with Gasteiger partial charge in [0.2, 0.25) is 0 Å². The molecule has 1 aromatic rings. The molecule has 25 heavy (non-hydrogen) atoms. The Kier molecular flexibility index (Phi) is 12.6. The van der Waals surface area contributed by atoms with E-state index in [1.807, 2.05) is 42.1 Å². The molecular weight excluding hydrogens is 328 g/mol. The fourth-order valence-corrected chi connectivity index (χ4v) is 4.50. The highest BCUT2D eigenvalue weighted by Crippen LogP contribution is 2.24. The first-order valence-electron chi connectivity index (χ1n) is 10.0. The summed E-state index contributed by atoms with van der Waals surface area (Å²) in [4.78, 5) is 11.6. The molecule has 0 spiro atoms. The molecule has 0 aliphatic heterocycles. The molecule has 142 valence electrons. The second-order valence-corrected chi connectivity index (χ2v) is 8.19. The average Bonchev–Trinajstić information content (AvgIpc) is 2.62. The molecule has 2 nitrogen and oxygen atoms in total. The SMILES string of the molecule is CCCCCCC(CCCC)CSCC(Cc1ccccc1)C(=O)O. The fourth-order valence-electron chi connectivity index (χ4n) is 3.16. The third kappa shape index (κ3) is 10.6. The molecule has 0 aromatic heterocycles. The predicted molar refractivity (Wildman–Crippen MR) is 110 cm³/mol. The van der Waals surface area contributed by atoms with Crippen molar-refractivity contribution in [2.24, 2.45) is 11.8 Å². The Bertz CT molecular complexity index is 447. The van der Waals surface area contributed by atoms with Gasteiger partial charge >= 0.3 is 5.97 Å². The molecule has 0 heterocycles. The second kappa shape index (κ2) is 14.2. The molecule has 0 bridgehead atoms. The van der Waals surface area contributed by atoms with Gasteiger partial charge in [0.05, 0.1) is 5.92 Å². The number of carbonyl (C=O) groups is 1. The van der Waals surface area contributed by atoms with Crippen molar-refractivity contribution in [1.82, 2.24) is 0 Å². The molecule has 0 amide bonds. The first-order chi connectivity index (χ1) is 12.2. The van der Waals surface area contributed by atoms with Crippen LogP contribution in [0.4, 0.5) is 0 Å². The van der Waals surface area contributed by atoms with Gasteiger partial charge in [-0.25, -0.2) is 0 Å². The van der Waals surface area contributed by atoms with Gasteiger partial charge in [0.15, 0.2) is 0 Å². The van der Waals surface area contributed by atoms with Crippen LogP contribution in [0.15, 0.2) is 30.3 Å². The third-order valence-electron chi connectivity index (χ3n) is 4.78. The molecule has 0 aliphatic carbocycles. The quantitative estimate of drug-likeness (QED) is 0.364. The number of carboxylic acid groups (broad SMARTS) is 1. The summed E-state index contributed by atoms with van der Waals surface area (Å²) < 4.78 is 0. The molecule has 1 N–H and O–H groups in total. The lowest BCUT2D eigenvalue weighted by molar-refractivity contribution is -0.140. The van der Waals surface area contributed by atoms with Crippen LogP contribution in [0.3, 0.4) is 0 Å². The van der Waals surface area contributed by atoms with Crippen LogP contribution in [-0.4, -0.2) is 22.6 Å². The van der Waals surface area contributed by atoms with Gasteiger partial charge < -0.3 is 5.11 Å². The van der Waals surface area contributed by atoms with Crippen LogP contribution in [0, 0.1) is 11.8 Å². The minimum absolute atomic E-state index is 0.278. The Morgan fingerprint density at radius 1 is 0.960 bits per heavy atom. The normalized spacial score (nSPS) is 13.5. The molecule has 3 heteroatoms. The van der Waals surface area contributed by atoms with E-state index < -0.39 is 5.97 Å². The van der Waals surface area contributed by atoms with Gasteiger partial charge in [-0.15, -0.1) is 0 Å². The summed E-state index contributed by atoms with van der Waals surface area (Å²) in [5, 5.41) is 9.53. The van der Waals surface area contributed by atoms with E-state index >= 15 is 0 Å². The number of hydrogen-bond donors (Lipinski definition) is 1. The number of thioether (sulfide) groups is 1. The van der Waals surface area contributed by atoms with E-state index in [1.165, 1.54) is 51.4 Å². The maximum absolute atomic E-state index is 11.6. The van der Waals surface area contributed by atoms with Gasteiger partial charge in [-0.05, 0) is 36.5 Å². The van der Waals surface area contributed by atoms with E-state index in [1.54, 1.807) is 0 Å². The molecule has 0 fully saturated rings. The van der Waals surface area contributed by atoms with Crippen molar-refractivity contribution < 1.29 is 9.90 Å². The number of aliphatic carboxylic acids is 1. The minimum Gasteiger partial charge on any atom is -0.481 e. The summed E-state index contributed by atoms with van der Waals surface area (Å²) in [5.41, 5.74) is 1.12. The Labute approximate surface area is 158 Å². The molecule has 2 atom stereocenters. The zero-order valence-electron chi connectivity index (χ0n) is 16.1. The fraction of sp³-hybridized carbons (Fsp3) is 0.682. The van der Waals surface area contributed by atoms with E-state index in [0.717, 1.165) is 23.0 Å². The molecule has 2 unspecified atom stereocenters. The molecule has 0 saturated carbocycles. The molecular formula is C22H36O2S. The van der Waals surface area contributed by atoms with Gasteiger partial charge in [-0.3, -0.25) is 4.79 Å². The first-order valence-corrected chi connectivity index (χ1v) is 11.2. The van der Waals surface area contributed by atoms with Gasteiger partial charge in [0.25, 0.3) is 0 Å². The Morgan fingerprint density at radius 2 is 1.64 bits per heavy atom. The third-order valence-corrected chi connectivity index (χ3v) is 6.12. The van der Waals surface area contributed by atoms with Gasteiger partial charge in [-0.1, -0.05) is 82.7 Å². The van der Waals surface area contributed by atoms with Crippen LogP contribution in [0.2, 0.25) is 0 Å². The van der Waals surface area contributed by atoms with Crippen molar-refractivity contribution in [3.05, 3.63) is 35.9 Å². The van der Waals surface area contributed by atoms with E-state index in [4.69, 9.17) is 0 Å². The number of rotatable bonds is 15. The summed E-state index contributed by atoms with van der Waals surface area (Å²) >= 11 is 1.85. The highest BCUT2D eigenvalue weighted by Gasteiger charge is 2.19. The van der Waals surface area contributed by atoms with Crippen LogP contribution in [-0.2, 0) is 11.2 Å². The van der Waals surface area contributed by atoms with E-state index in [2.05, 4.69) is 13.8 Å². The smallest absolute Gasteiger partial charge is 0.307 e. The zero-order chi connectivity index (χ0) is 18.3. The summed E-state index contributed by atoms with van der Waals surface area (Å²) in [6, 6.07) is 10.00. The van der Waals surface area contributed by atoms with E-state index in [-0.39, 0.29) is 5.92 Å². The first kappa shape index (κ1) is 22.1. The lowest BCUT2D eigenvalue weighted by Crippen LogP contribution is -2.20. The summed E-state index contributed by atoms with van der Waals surface area (Å²) in [7, 11) is 0. The van der Waals surface area contributed by atoms with Crippen molar-refractivity contribution in [3.63, 3.8) is 0 Å². The van der Waals surface area contributed by atoms with Gasteiger partial charge in [0.1, 0.15) is 0 Å². The molecule has 1 rings (SSSR count). The lowest BCUT2D eigenvalue weighted by Gasteiger charge is -2.18. The van der Waals surface area contributed by atoms with Crippen molar-refractivity contribution >= 4 is 17.7 Å². The number of hydrogen-bond acceptors (Lipinski definition) is 2. The van der Waals surface area contributed by atoms with Crippen molar-refractivity contribution in [2.75, 3.05) is 11.5 Å². The van der Waals surface area contributed by atoms with Crippen molar-refractivity contribution in [1.29, 1.82) is 0 Å². The maximum Gasteiger partial charge on any atom is 0.307 e. The Morgan fingerprint density at radius 3 is 2.28 bits per heavy atom. The average molecular weight is 365 g/mol. The largest absolute Gasteiger partial charge is 0.481 e. The van der Waals surface area contributed by atoms with Gasteiger partial charge in [0, 0.05) is 5.75 Å². The highest BCUT2D eigenvalue weighted by molar-refractivity contribution is 7.99. The van der Waals surface area contributed by atoms with Crippen LogP contribution in [0.25, 0.3) is 0 Å². The molecule has 0 radical (unpaired) electrons. The monoisotopic (exact) mass is 364 g/mol. The zero-order valence-corrected chi connectivity index (χ0v) is 16.9. The number of carboxylic acids is 1. The second-order valence-electron chi connectivity index (χ2n) is 7.12. The van der Waals surface area contributed by atoms with E-state index in [9.17, 15) is 9.90 Å². The molecule has 0 aliphatic rings.